The molecule has 0 spiro atoms. The Morgan fingerprint density at radius 2 is 0.836 bits per heavy atom. The number of phenols is 15. The maximum Gasteiger partial charge on any atom is 0.339 e. The molecule has 0 aliphatic carbocycles. The summed E-state index contributed by atoms with van der Waals surface area (Å²) in [6, 6.07) is 2.15. The number of esters is 5. The van der Waals surface area contributed by atoms with E-state index in [0.717, 1.165) is 0 Å². The monoisotopic (exact) mass is 936 g/mol. The molecule has 4 bridgehead atoms. The second-order valence-corrected chi connectivity index (χ2v) is 14.7. The lowest BCUT2D eigenvalue weighted by atomic mass is 9.82. The molecule has 0 aromatic heterocycles. The van der Waals surface area contributed by atoms with Gasteiger partial charge in [0.2, 0.25) is 23.0 Å². The first-order valence-corrected chi connectivity index (χ1v) is 18.6. The predicted octanol–water partition coefficient (Wildman–Crippen LogP) is 1.34. The number of aromatic hydroxyl groups is 15. The van der Waals surface area contributed by atoms with Gasteiger partial charge in [0.05, 0.1) is 27.8 Å². The molecule has 4 aliphatic heterocycles. The summed E-state index contributed by atoms with van der Waals surface area (Å²) in [5.74, 6) is -29.6. The van der Waals surface area contributed by atoms with Crippen LogP contribution in [-0.2, 0) is 23.7 Å². The standard InChI is InChI=1S/C41H28O26/c42-11-1-7(2-12(43)23(11)47)37(58)64-16-6-63-38(59)8-3-13(44)24(48)27(51)17(8)18-9(4-14(45)25(49)28(18)52)39(60)65-34(16)36-35-32(56)22-21(41(62)66-35)20(30(54)33(57)31(22)55)19-10(40(61)67-36)5-15(46)26(50)29(19)53/h1-5,16,32,34-36,42-57H,6H2/t16-,32+,34-,35-,36+/m1/s1. The molecule has 4 aliphatic rings. The molecule has 5 aromatic carbocycles. The number of hydrogen-bond acceptors (Lipinski definition) is 26. The lowest BCUT2D eigenvalue weighted by Crippen LogP contribution is -2.56. The highest BCUT2D eigenvalue weighted by Crippen LogP contribution is 2.58. The van der Waals surface area contributed by atoms with Crippen LogP contribution in [0.2, 0.25) is 0 Å². The lowest BCUT2D eigenvalue weighted by molar-refractivity contribution is -0.154. The quantitative estimate of drug-likeness (QED) is 0.0689. The van der Waals surface area contributed by atoms with Crippen LogP contribution < -0.4 is 0 Å². The average molecular weight is 937 g/mol. The van der Waals surface area contributed by atoms with E-state index < -0.39 is 209 Å². The van der Waals surface area contributed by atoms with E-state index in [1.54, 1.807) is 0 Å². The van der Waals surface area contributed by atoms with Gasteiger partial charge in [-0.1, -0.05) is 0 Å². The van der Waals surface area contributed by atoms with Gasteiger partial charge < -0.3 is 105 Å². The topological polar surface area (TPSA) is 455 Å². The summed E-state index contributed by atoms with van der Waals surface area (Å²) >= 11 is 0. The molecule has 348 valence electrons. The molecular formula is C41H28O26. The van der Waals surface area contributed by atoms with Gasteiger partial charge >= 0.3 is 29.8 Å². The smallest absolute Gasteiger partial charge is 0.339 e. The van der Waals surface area contributed by atoms with Crippen molar-refractivity contribution in [2.75, 3.05) is 6.61 Å². The highest BCUT2D eigenvalue weighted by atomic mass is 16.6. The van der Waals surface area contributed by atoms with Gasteiger partial charge in [0.1, 0.15) is 12.7 Å². The summed E-state index contributed by atoms with van der Waals surface area (Å²) in [5.41, 5.74) is -11.0. The number of hydrogen-bond donors (Lipinski definition) is 16. The Labute approximate surface area is 368 Å². The molecule has 26 heteroatoms. The Morgan fingerprint density at radius 1 is 0.433 bits per heavy atom. The second kappa shape index (κ2) is 15.3. The van der Waals surface area contributed by atoms with E-state index in [1.165, 1.54) is 0 Å². The van der Waals surface area contributed by atoms with Gasteiger partial charge in [0.15, 0.2) is 87.7 Å². The number of benzene rings is 5. The van der Waals surface area contributed by atoms with Gasteiger partial charge in [-0.15, -0.1) is 0 Å². The second-order valence-electron chi connectivity index (χ2n) is 14.7. The number of cyclic esters (lactones) is 2. The van der Waals surface area contributed by atoms with Gasteiger partial charge in [0.25, 0.3) is 0 Å². The fraction of sp³-hybridized carbons (Fsp3) is 0.146. The molecule has 16 N–H and O–H groups in total. The molecule has 0 saturated heterocycles. The van der Waals surface area contributed by atoms with Gasteiger partial charge in [0, 0.05) is 27.8 Å². The van der Waals surface area contributed by atoms with Crippen molar-refractivity contribution in [3.63, 3.8) is 0 Å². The van der Waals surface area contributed by atoms with E-state index in [9.17, 15) is 106 Å². The van der Waals surface area contributed by atoms with Crippen LogP contribution in [0.4, 0.5) is 0 Å². The number of fused-ring (bicyclic) bond motifs is 6. The molecule has 0 radical (unpaired) electrons. The van der Waals surface area contributed by atoms with Crippen LogP contribution in [0.1, 0.15) is 63.5 Å². The Hall–Kier alpha value is -9.59. The minimum absolute atomic E-state index is 0.331. The molecule has 0 unspecified atom stereocenters. The summed E-state index contributed by atoms with van der Waals surface area (Å²) in [7, 11) is 0. The van der Waals surface area contributed by atoms with Gasteiger partial charge in [-0.3, -0.25) is 0 Å². The van der Waals surface area contributed by atoms with E-state index >= 15 is 0 Å². The van der Waals surface area contributed by atoms with Crippen molar-refractivity contribution in [1.29, 1.82) is 0 Å². The number of rotatable bonds is 3. The summed E-state index contributed by atoms with van der Waals surface area (Å²) in [6.45, 7) is -1.50. The highest BCUT2D eigenvalue weighted by Gasteiger charge is 2.54. The molecule has 5 aromatic rings. The molecule has 4 heterocycles. The third kappa shape index (κ3) is 6.57. The van der Waals surface area contributed by atoms with E-state index in [-0.39, 0.29) is 0 Å². The van der Waals surface area contributed by atoms with Crippen molar-refractivity contribution >= 4 is 29.8 Å². The lowest BCUT2D eigenvalue weighted by Gasteiger charge is -2.40. The molecule has 0 fully saturated rings. The summed E-state index contributed by atoms with van der Waals surface area (Å²) in [4.78, 5) is 70.9. The fourth-order valence-corrected chi connectivity index (χ4v) is 7.72. The average Bonchev–Trinajstić information content (AvgIpc) is 3.29. The van der Waals surface area contributed by atoms with Crippen LogP contribution >= 0.6 is 0 Å². The third-order valence-electron chi connectivity index (χ3n) is 10.9. The van der Waals surface area contributed by atoms with Crippen LogP contribution in [0.3, 0.4) is 0 Å². The Bertz CT molecular complexity index is 3060. The molecule has 67 heavy (non-hydrogen) atoms. The summed E-state index contributed by atoms with van der Waals surface area (Å²) in [6.07, 6.45) is -13.4. The number of aliphatic hydroxyl groups is 1. The van der Waals surface area contributed by atoms with Gasteiger partial charge in [-0.2, -0.15) is 0 Å². The van der Waals surface area contributed by atoms with Gasteiger partial charge in [-0.05, 0) is 30.3 Å². The van der Waals surface area contributed by atoms with Crippen molar-refractivity contribution in [3.05, 3.63) is 63.7 Å². The Morgan fingerprint density at radius 3 is 1.33 bits per heavy atom. The van der Waals surface area contributed by atoms with Crippen molar-refractivity contribution in [1.82, 2.24) is 0 Å². The fourth-order valence-electron chi connectivity index (χ4n) is 7.72. The Kier molecular flexibility index (Phi) is 10.1. The third-order valence-corrected chi connectivity index (χ3v) is 10.9. The zero-order valence-electron chi connectivity index (χ0n) is 32.7. The van der Waals surface area contributed by atoms with Crippen LogP contribution in [0.25, 0.3) is 22.3 Å². The molecule has 26 nitrogen and oxygen atoms in total. The van der Waals surface area contributed by atoms with Crippen molar-refractivity contribution < 1.29 is 129 Å². The molecule has 0 saturated carbocycles. The highest BCUT2D eigenvalue weighted by molar-refractivity contribution is 6.11. The number of ether oxygens (including phenoxy) is 5. The van der Waals surface area contributed by atoms with E-state index in [2.05, 4.69) is 0 Å². The normalized spacial score (nSPS) is 19.9. The van der Waals surface area contributed by atoms with Crippen LogP contribution in [0, 0.1) is 0 Å². The van der Waals surface area contributed by atoms with Crippen molar-refractivity contribution in [2.24, 2.45) is 0 Å². The van der Waals surface area contributed by atoms with Crippen LogP contribution in [0.5, 0.6) is 86.2 Å². The molecule has 0 amide bonds. The van der Waals surface area contributed by atoms with E-state index in [4.69, 9.17) is 23.7 Å². The number of carbonyl (C=O) groups excluding carboxylic acids is 5. The first kappa shape index (κ1) is 44.0. The molecular weight excluding hydrogens is 908 g/mol. The number of phenolic OH excluding ortho intramolecular Hbond substituents is 15. The SMILES string of the molecule is O=C(O[C@@H]1COC(=O)c2cc(O)c(O)c(O)c2-c2c(cc(O)c(O)c2O)C(=O)O[C@H]1[C@@H]1OC(=O)c2cc(O)c(O)c(O)c2-c2c(O)c(O)c(O)c3c2C(=O)O[C@@H]1[C@H]3O)c1cc(O)c(O)c(O)c1. The summed E-state index contributed by atoms with van der Waals surface area (Å²) in [5, 5.41) is 172. The Balaban J connectivity index is 1.42. The van der Waals surface area contributed by atoms with E-state index in [1.807, 2.05) is 0 Å². The largest absolute Gasteiger partial charge is 0.504 e. The van der Waals surface area contributed by atoms with E-state index in [0.29, 0.717) is 30.3 Å². The predicted molar refractivity (Wildman–Crippen MR) is 207 cm³/mol. The zero-order chi connectivity index (χ0) is 49.0. The van der Waals surface area contributed by atoms with Gasteiger partial charge in [-0.25, -0.2) is 24.0 Å². The molecule has 5 atom stereocenters. The minimum atomic E-state index is -2.79. The maximum atomic E-state index is 14.6. The molecule has 9 rings (SSSR count). The van der Waals surface area contributed by atoms with Crippen molar-refractivity contribution in [3.8, 4) is 108 Å². The summed E-state index contributed by atoms with van der Waals surface area (Å²) < 4.78 is 27.6. The van der Waals surface area contributed by atoms with Crippen LogP contribution in [-0.4, -0.2) is 143 Å². The minimum Gasteiger partial charge on any atom is -0.504 e. The number of aliphatic hydroxyl groups excluding tert-OH is 1. The first-order chi connectivity index (χ1) is 31.5. The van der Waals surface area contributed by atoms with Crippen LogP contribution in [0.15, 0.2) is 30.3 Å². The van der Waals surface area contributed by atoms with Crippen molar-refractivity contribution in [2.45, 2.75) is 30.5 Å². The first-order valence-electron chi connectivity index (χ1n) is 18.6. The number of carbonyl (C=O) groups is 5. The zero-order valence-corrected chi connectivity index (χ0v) is 32.7. The maximum absolute atomic E-state index is 14.6.